The molecule has 0 aliphatic heterocycles. The Morgan fingerprint density at radius 1 is 1.54 bits per heavy atom. The average Bonchev–Trinajstić information content (AvgIpc) is 2.15. The molecule has 0 amide bonds. The Labute approximate surface area is 85.8 Å². The largest absolute Gasteiger partial charge is 0.384 e. The highest BCUT2D eigenvalue weighted by atomic mass is 79.9. The third kappa shape index (κ3) is 2.92. The maximum atomic E-state index is 7.23. The Balaban J connectivity index is 2.98. The molecule has 0 atom stereocenters. The minimum Gasteiger partial charge on any atom is -0.384 e. The monoisotopic (exact) mass is 236 g/mol. The molecule has 0 bridgehead atoms. The van der Waals surface area contributed by atoms with Crippen molar-refractivity contribution in [3.63, 3.8) is 0 Å². The highest BCUT2D eigenvalue weighted by molar-refractivity contribution is 9.09. The topological polar surface area (TPSA) is 49.9 Å². The lowest BCUT2D eigenvalue weighted by atomic mass is 10.1. The molecule has 1 rings (SSSR count). The fraction of sp³-hybridized carbons (Fsp3) is 0.100. The van der Waals surface area contributed by atoms with Gasteiger partial charge in [0.1, 0.15) is 5.84 Å². The van der Waals surface area contributed by atoms with E-state index in [1.807, 2.05) is 12.1 Å². The molecular weight excluding hydrogens is 228 g/mol. The van der Waals surface area contributed by atoms with Gasteiger partial charge in [-0.2, -0.15) is 0 Å². The highest BCUT2D eigenvalue weighted by Gasteiger charge is 1.95. The van der Waals surface area contributed by atoms with E-state index in [0.29, 0.717) is 10.9 Å². The van der Waals surface area contributed by atoms with Gasteiger partial charge in [0.05, 0.1) is 5.33 Å². The van der Waals surface area contributed by atoms with Gasteiger partial charge in [-0.15, -0.1) is 0 Å². The van der Waals surface area contributed by atoms with Crippen molar-refractivity contribution in [1.29, 1.82) is 5.41 Å². The standard InChI is InChI=1S/C10H9BrN2/c11-6-2-4-8-3-1-5-9(7-8)10(12)13/h1,3,5,7H,6H2,(H3,12,13). The van der Waals surface area contributed by atoms with E-state index in [0.717, 1.165) is 5.56 Å². The van der Waals surface area contributed by atoms with E-state index in [9.17, 15) is 0 Å². The first kappa shape index (κ1) is 9.82. The molecule has 0 spiro atoms. The minimum absolute atomic E-state index is 0.0718. The van der Waals surface area contributed by atoms with E-state index < -0.39 is 0 Å². The second kappa shape index (κ2) is 4.68. The normalized spacial score (nSPS) is 8.69. The fourth-order valence-corrected chi connectivity index (χ4v) is 1.04. The number of nitrogens with two attached hydrogens (primary N) is 1. The molecule has 3 N–H and O–H groups in total. The number of alkyl halides is 1. The van der Waals surface area contributed by atoms with Crippen LogP contribution in [0.2, 0.25) is 0 Å². The van der Waals surface area contributed by atoms with Crippen LogP contribution < -0.4 is 5.73 Å². The summed E-state index contributed by atoms with van der Waals surface area (Å²) in [7, 11) is 0. The summed E-state index contributed by atoms with van der Waals surface area (Å²) in [6, 6.07) is 7.33. The van der Waals surface area contributed by atoms with Gasteiger partial charge >= 0.3 is 0 Å². The summed E-state index contributed by atoms with van der Waals surface area (Å²) in [5.41, 5.74) is 6.93. The Bertz CT molecular complexity index is 374. The predicted octanol–water partition coefficient (Wildman–Crippen LogP) is 1.72. The number of nitrogens with one attached hydrogen (secondary N) is 1. The summed E-state index contributed by atoms with van der Waals surface area (Å²) < 4.78 is 0. The Morgan fingerprint density at radius 2 is 2.31 bits per heavy atom. The van der Waals surface area contributed by atoms with Crippen molar-refractivity contribution >= 4 is 21.8 Å². The first-order valence-electron chi connectivity index (χ1n) is 3.73. The summed E-state index contributed by atoms with van der Waals surface area (Å²) >= 11 is 3.21. The van der Waals surface area contributed by atoms with Crippen LogP contribution in [0, 0.1) is 17.3 Å². The molecule has 0 saturated carbocycles. The van der Waals surface area contributed by atoms with Gasteiger partial charge in [-0.25, -0.2) is 0 Å². The van der Waals surface area contributed by atoms with E-state index in [1.165, 1.54) is 0 Å². The van der Waals surface area contributed by atoms with Crippen LogP contribution in [0.5, 0.6) is 0 Å². The SMILES string of the molecule is N=C(N)c1cccc(C#CCBr)c1. The third-order valence-corrected chi connectivity index (χ3v) is 1.75. The van der Waals surface area contributed by atoms with E-state index in [4.69, 9.17) is 11.1 Å². The Morgan fingerprint density at radius 3 is 2.92 bits per heavy atom. The number of halogens is 1. The molecule has 0 radical (unpaired) electrons. The Kier molecular flexibility index (Phi) is 3.53. The van der Waals surface area contributed by atoms with E-state index in [2.05, 4.69) is 27.8 Å². The zero-order valence-electron chi connectivity index (χ0n) is 6.97. The van der Waals surface area contributed by atoms with Gasteiger partial charge in [-0.1, -0.05) is 39.9 Å². The average molecular weight is 237 g/mol. The molecular formula is C10H9BrN2. The lowest BCUT2D eigenvalue weighted by Crippen LogP contribution is -2.10. The number of hydrogen-bond acceptors (Lipinski definition) is 1. The molecule has 0 fully saturated rings. The molecule has 0 aliphatic carbocycles. The highest BCUT2D eigenvalue weighted by Crippen LogP contribution is 2.02. The summed E-state index contributed by atoms with van der Waals surface area (Å²) in [6.07, 6.45) is 0. The maximum absolute atomic E-state index is 7.23. The van der Waals surface area contributed by atoms with E-state index >= 15 is 0 Å². The van der Waals surface area contributed by atoms with E-state index in [1.54, 1.807) is 12.1 Å². The minimum atomic E-state index is 0.0718. The molecule has 1 aromatic rings. The van der Waals surface area contributed by atoms with Crippen molar-refractivity contribution < 1.29 is 0 Å². The van der Waals surface area contributed by atoms with Gasteiger partial charge in [0.15, 0.2) is 0 Å². The molecule has 2 nitrogen and oxygen atoms in total. The third-order valence-electron chi connectivity index (χ3n) is 1.47. The summed E-state index contributed by atoms with van der Waals surface area (Å²) in [4.78, 5) is 0. The van der Waals surface area contributed by atoms with Crippen molar-refractivity contribution in [2.45, 2.75) is 0 Å². The van der Waals surface area contributed by atoms with Gasteiger partial charge in [0, 0.05) is 11.1 Å². The molecule has 0 saturated heterocycles. The fourth-order valence-electron chi connectivity index (χ4n) is 0.900. The van der Waals surface area contributed by atoms with Crippen LogP contribution in [0.1, 0.15) is 11.1 Å². The number of benzene rings is 1. The van der Waals surface area contributed by atoms with Crippen LogP contribution in [0.25, 0.3) is 0 Å². The quantitative estimate of drug-likeness (QED) is 0.332. The Hall–Kier alpha value is -1.27. The molecule has 0 unspecified atom stereocenters. The molecule has 13 heavy (non-hydrogen) atoms. The van der Waals surface area contributed by atoms with Crippen molar-refractivity contribution in [1.82, 2.24) is 0 Å². The second-order valence-corrected chi connectivity index (χ2v) is 2.99. The lowest BCUT2D eigenvalue weighted by Gasteiger charge is -1.97. The maximum Gasteiger partial charge on any atom is 0.122 e. The molecule has 0 heterocycles. The van der Waals surface area contributed by atoms with Crippen LogP contribution in [0.3, 0.4) is 0 Å². The zero-order chi connectivity index (χ0) is 9.68. The number of rotatable bonds is 1. The smallest absolute Gasteiger partial charge is 0.122 e. The molecule has 1 aromatic carbocycles. The van der Waals surface area contributed by atoms with Crippen molar-refractivity contribution in [3.8, 4) is 11.8 Å². The molecule has 0 aliphatic rings. The van der Waals surface area contributed by atoms with Gasteiger partial charge < -0.3 is 5.73 Å². The lowest BCUT2D eigenvalue weighted by molar-refractivity contribution is 1.42. The zero-order valence-corrected chi connectivity index (χ0v) is 8.56. The molecule has 66 valence electrons. The van der Waals surface area contributed by atoms with Gasteiger partial charge in [0.25, 0.3) is 0 Å². The second-order valence-electron chi connectivity index (χ2n) is 2.43. The number of amidine groups is 1. The number of nitrogen functional groups attached to an aromatic ring is 1. The first-order chi connectivity index (χ1) is 6.24. The van der Waals surface area contributed by atoms with Crippen molar-refractivity contribution in [2.75, 3.05) is 5.33 Å². The predicted molar refractivity (Wildman–Crippen MR) is 58.1 cm³/mol. The summed E-state index contributed by atoms with van der Waals surface area (Å²) in [6.45, 7) is 0. The first-order valence-corrected chi connectivity index (χ1v) is 4.85. The molecule has 0 aromatic heterocycles. The van der Waals surface area contributed by atoms with Crippen LogP contribution in [0.15, 0.2) is 24.3 Å². The van der Waals surface area contributed by atoms with Gasteiger partial charge in [-0.3, -0.25) is 5.41 Å². The van der Waals surface area contributed by atoms with Crippen molar-refractivity contribution in [3.05, 3.63) is 35.4 Å². The van der Waals surface area contributed by atoms with Crippen LogP contribution >= 0.6 is 15.9 Å². The van der Waals surface area contributed by atoms with Gasteiger partial charge in [-0.05, 0) is 12.1 Å². The summed E-state index contributed by atoms with van der Waals surface area (Å²) in [5, 5.41) is 7.88. The number of hydrogen-bond donors (Lipinski definition) is 2. The van der Waals surface area contributed by atoms with E-state index in [-0.39, 0.29) is 5.84 Å². The van der Waals surface area contributed by atoms with Gasteiger partial charge in [0.2, 0.25) is 0 Å². The summed E-state index contributed by atoms with van der Waals surface area (Å²) in [5.74, 6) is 5.90. The van der Waals surface area contributed by atoms with Crippen LogP contribution in [-0.2, 0) is 0 Å². The van der Waals surface area contributed by atoms with Crippen LogP contribution in [-0.4, -0.2) is 11.2 Å². The van der Waals surface area contributed by atoms with Crippen molar-refractivity contribution in [2.24, 2.45) is 5.73 Å². The molecule has 3 heteroatoms. The van der Waals surface area contributed by atoms with Crippen LogP contribution in [0.4, 0.5) is 0 Å².